The molecule has 0 N–H and O–H groups in total. The summed E-state index contributed by atoms with van der Waals surface area (Å²) in [5, 5.41) is 0. The number of halogens is 1. The Hall–Kier alpha value is -2.00. The Bertz CT molecular complexity index is 620. The summed E-state index contributed by atoms with van der Waals surface area (Å²) in [6.07, 6.45) is 0. The van der Waals surface area contributed by atoms with E-state index in [1.807, 2.05) is 26.0 Å². The second-order valence-corrected chi connectivity index (χ2v) is 4.83. The van der Waals surface area contributed by atoms with Gasteiger partial charge in [-0.1, -0.05) is 42.0 Å². The Morgan fingerprint density at radius 3 is 2.60 bits per heavy atom. The van der Waals surface area contributed by atoms with Gasteiger partial charge in [0.1, 0.15) is 12.4 Å². The molecule has 2 rings (SSSR count). The number of aryl methyl sites for hydroxylation is 2. The first kappa shape index (κ1) is 14.4. The Balaban J connectivity index is 1.94. The summed E-state index contributed by atoms with van der Waals surface area (Å²) in [5.41, 5.74) is 3.17. The molecule has 0 aliphatic rings. The first-order valence-electron chi connectivity index (χ1n) is 6.49. The Morgan fingerprint density at radius 1 is 1.15 bits per heavy atom. The Labute approximate surface area is 118 Å². The zero-order chi connectivity index (χ0) is 14.5. The molecule has 0 spiro atoms. The van der Waals surface area contributed by atoms with Crippen LogP contribution in [0.25, 0.3) is 0 Å². The van der Waals surface area contributed by atoms with Crippen molar-refractivity contribution < 1.29 is 13.9 Å². The van der Waals surface area contributed by atoms with Gasteiger partial charge in [0, 0.05) is 11.1 Å². The van der Waals surface area contributed by atoms with Gasteiger partial charge in [-0.25, -0.2) is 4.39 Å². The lowest BCUT2D eigenvalue weighted by Crippen LogP contribution is -2.11. The van der Waals surface area contributed by atoms with E-state index in [2.05, 4.69) is 0 Å². The van der Waals surface area contributed by atoms with Crippen molar-refractivity contribution in [1.82, 2.24) is 0 Å². The molecule has 0 aromatic heterocycles. The van der Waals surface area contributed by atoms with E-state index < -0.39 is 0 Å². The van der Waals surface area contributed by atoms with Crippen LogP contribution in [0.2, 0.25) is 0 Å². The maximum Gasteiger partial charge on any atom is 0.188 e. The average molecular weight is 272 g/mol. The molecular formula is C17H17FO2. The summed E-state index contributed by atoms with van der Waals surface area (Å²) in [5.74, 6) is -0.398. The summed E-state index contributed by atoms with van der Waals surface area (Å²) in [4.78, 5) is 12.0. The third kappa shape index (κ3) is 3.52. The third-order valence-corrected chi connectivity index (χ3v) is 3.13. The number of rotatable bonds is 5. The molecule has 0 heterocycles. The molecule has 0 saturated heterocycles. The van der Waals surface area contributed by atoms with Crippen molar-refractivity contribution >= 4 is 5.78 Å². The van der Waals surface area contributed by atoms with Crippen LogP contribution < -0.4 is 0 Å². The van der Waals surface area contributed by atoms with Crippen LogP contribution in [0.15, 0.2) is 42.5 Å². The predicted molar refractivity (Wildman–Crippen MR) is 76.3 cm³/mol. The Morgan fingerprint density at radius 2 is 1.90 bits per heavy atom. The maximum absolute atomic E-state index is 13.4. The Kier molecular flexibility index (Phi) is 4.64. The number of ketones is 1. The number of carbonyl (C=O) groups excluding carboxylic acids is 1. The van der Waals surface area contributed by atoms with E-state index in [0.29, 0.717) is 11.1 Å². The number of hydrogen-bond acceptors (Lipinski definition) is 2. The fourth-order valence-electron chi connectivity index (χ4n) is 2.07. The normalized spacial score (nSPS) is 10.6. The van der Waals surface area contributed by atoms with Crippen molar-refractivity contribution in [3.8, 4) is 0 Å². The van der Waals surface area contributed by atoms with E-state index in [9.17, 15) is 9.18 Å². The molecule has 104 valence electrons. The number of benzene rings is 2. The molecule has 0 fully saturated rings. The second kappa shape index (κ2) is 6.44. The summed E-state index contributed by atoms with van der Waals surface area (Å²) < 4.78 is 18.7. The van der Waals surface area contributed by atoms with Crippen LogP contribution in [-0.2, 0) is 11.3 Å². The van der Waals surface area contributed by atoms with Gasteiger partial charge in [-0.3, -0.25) is 4.79 Å². The van der Waals surface area contributed by atoms with Gasteiger partial charge < -0.3 is 4.74 Å². The molecule has 0 atom stereocenters. The van der Waals surface area contributed by atoms with Crippen LogP contribution in [-0.4, -0.2) is 12.4 Å². The third-order valence-electron chi connectivity index (χ3n) is 3.13. The molecule has 0 aliphatic carbocycles. The number of hydrogen-bond donors (Lipinski definition) is 0. The summed E-state index contributed by atoms with van der Waals surface area (Å²) >= 11 is 0. The van der Waals surface area contributed by atoms with Crippen molar-refractivity contribution in [2.24, 2.45) is 0 Å². The fourth-order valence-corrected chi connectivity index (χ4v) is 2.07. The zero-order valence-electron chi connectivity index (χ0n) is 11.7. The largest absolute Gasteiger partial charge is 0.369 e. The average Bonchev–Trinajstić information content (AvgIpc) is 2.40. The van der Waals surface area contributed by atoms with Gasteiger partial charge in [0.05, 0.1) is 6.61 Å². The highest BCUT2D eigenvalue weighted by Gasteiger charge is 2.10. The fraction of sp³-hybridized carbons (Fsp3) is 0.235. The first-order chi connectivity index (χ1) is 9.58. The quantitative estimate of drug-likeness (QED) is 0.773. The molecule has 3 heteroatoms. The van der Waals surface area contributed by atoms with E-state index in [-0.39, 0.29) is 24.8 Å². The minimum Gasteiger partial charge on any atom is -0.369 e. The van der Waals surface area contributed by atoms with Crippen LogP contribution in [0.5, 0.6) is 0 Å². The van der Waals surface area contributed by atoms with E-state index in [1.165, 1.54) is 6.07 Å². The predicted octanol–water partition coefficient (Wildman–Crippen LogP) is 3.84. The van der Waals surface area contributed by atoms with Crippen molar-refractivity contribution in [3.05, 3.63) is 70.5 Å². The van der Waals surface area contributed by atoms with Crippen molar-refractivity contribution in [2.45, 2.75) is 20.5 Å². The van der Waals surface area contributed by atoms with E-state index in [4.69, 9.17) is 4.74 Å². The molecule has 0 bridgehead atoms. The lowest BCUT2D eigenvalue weighted by molar-refractivity contribution is 0.0720. The number of Topliss-reactive ketones (excluding diaryl/α,β-unsaturated/α-hetero) is 1. The van der Waals surface area contributed by atoms with Gasteiger partial charge in [0.25, 0.3) is 0 Å². The number of ether oxygens (including phenoxy) is 1. The number of carbonyl (C=O) groups is 1. The smallest absolute Gasteiger partial charge is 0.188 e. The lowest BCUT2D eigenvalue weighted by atomic mass is 10.0. The molecule has 2 aromatic carbocycles. The highest BCUT2D eigenvalue weighted by molar-refractivity contribution is 5.98. The van der Waals surface area contributed by atoms with Crippen LogP contribution in [0, 0.1) is 19.7 Å². The molecule has 20 heavy (non-hydrogen) atoms. The van der Waals surface area contributed by atoms with Gasteiger partial charge in [0.2, 0.25) is 0 Å². The molecular weight excluding hydrogens is 255 g/mol. The van der Waals surface area contributed by atoms with Crippen molar-refractivity contribution in [3.63, 3.8) is 0 Å². The summed E-state index contributed by atoms with van der Waals surface area (Å²) in [6, 6.07) is 12.1. The van der Waals surface area contributed by atoms with Crippen LogP contribution in [0.3, 0.4) is 0 Å². The van der Waals surface area contributed by atoms with Gasteiger partial charge in [-0.15, -0.1) is 0 Å². The van der Waals surface area contributed by atoms with E-state index in [1.54, 1.807) is 24.3 Å². The van der Waals surface area contributed by atoms with Gasteiger partial charge in [-0.05, 0) is 25.5 Å². The van der Waals surface area contributed by atoms with Crippen molar-refractivity contribution in [1.29, 1.82) is 0 Å². The summed E-state index contributed by atoms with van der Waals surface area (Å²) in [7, 11) is 0. The van der Waals surface area contributed by atoms with Gasteiger partial charge in [-0.2, -0.15) is 0 Å². The molecule has 0 aliphatic heterocycles. The SMILES string of the molecule is Cc1ccc(C(=O)COCc2ccccc2F)c(C)c1. The van der Waals surface area contributed by atoms with Gasteiger partial charge in [0.15, 0.2) is 5.78 Å². The highest BCUT2D eigenvalue weighted by Crippen LogP contribution is 2.12. The standard InChI is InChI=1S/C17H17FO2/c1-12-7-8-15(13(2)9-12)17(19)11-20-10-14-5-3-4-6-16(14)18/h3-9H,10-11H2,1-2H3. The lowest BCUT2D eigenvalue weighted by Gasteiger charge is -2.07. The molecule has 2 aromatic rings. The topological polar surface area (TPSA) is 26.3 Å². The zero-order valence-corrected chi connectivity index (χ0v) is 11.7. The van der Waals surface area contributed by atoms with Gasteiger partial charge >= 0.3 is 0 Å². The minimum absolute atomic E-state index is 0.0434. The van der Waals surface area contributed by atoms with E-state index >= 15 is 0 Å². The van der Waals surface area contributed by atoms with Crippen LogP contribution >= 0.6 is 0 Å². The van der Waals surface area contributed by atoms with Crippen LogP contribution in [0.1, 0.15) is 27.0 Å². The highest BCUT2D eigenvalue weighted by atomic mass is 19.1. The molecule has 0 amide bonds. The first-order valence-corrected chi connectivity index (χ1v) is 6.49. The molecule has 0 unspecified atom stereocenters. The van der Waals surface area contributed by atoms with Crippen LogP contribution in [0.4, 0.5) is 4.39 Å². The monoisotopic (exact) mass is 272 g/mol. The maximum atomic E-state index is 13.4. The molecule has 0 saturated carbocycles. The summed E-state index contributed by atoms with van der Waals surface area (Å²) in [6.45, 7) is 3.94. The minimum atomic E-state index is -0.313. The molecule has 2 nitrogen and oxygen atoms in total. The van der Waals surface area contributed by atoms with Crippen molar-refractivity contribution in [2.75, 3.05) is 6.61 Å². The second-order valence-electron chi connectivity index (χ2n) is 4.83. The molecule has 0 radical (unpaired) electrons. The van der Waals surface area contributed by atoms with E-state index in [0.717, 1.165) is 11.1 Å².